The molecular weight excluding hydrogens is 169 g/mol. The molecule has 1 aromatic rings. The van der Waals surface area contributed by atoms with Gasteiger partial charge >= 0.3 is 0 Å². The number of halogens is 3. The summed E-state index contributed by atoms with van der Waals surface area (Å²) in [7, 11) is 0. The maximum atomic E-state index is 12.5. The van der Waals surface area contributed by atoms with Gasteiger partial charge in [0.05, 0.1) is 5.56 Å². The minimum absolute atomic E-state index is 0.0635. The first kappa shape index (κ1) is 8.58. The van der Waals surface area contributed by atoms with Crippen LogP contribution in [0.3, 0.4) is 0 Å². The van der Waals surface area contributed by atoms with E-state index in [0.717, 1.165) is 12.1 Å². The number of benzene rings is 1. The van der Waals surface area contributed by atoms with Crippen molar-refractivity contribution in [2.45, 2.75) is 0 Å². The van der Waals surface area contributed by atoms with Gasteiger partial charge in [-0.15, -0.1) is 0 Å². The minimum Gasteiger partial charge on any atom is -0.287 e. The lowest BCUT2D eigenvalue weighted by atomic mass is 10.2. The smallest absolute Gasteiger partial charge is 0.270 e. The average molecular weight is 175 g/mol. The molecule has 0 saturated carbocycles. The van der Waals surface area contributed by atoms with Crippen LogP contribution in [0.4, 0.5) is 13.2 Å². The lowest BCUT2D eigenvalue weighted by Crippen LogP contribution is -2.46. The van der Waals surface area contributed by atoms with Crippen LogP contribution in [0.25, 0.3) is 0 Å². The topological polar surface area (TPSA) is 51.6 Å². The van der Waals surface area contributed by atoms with Gasteiger partial charge in [0.1, 0.15) is 0 Å². The zero-order chi connectivity index (χ0) is 9.30. The second-order valence-electron chi connectivity index (χ2n) is 2.21. The van der Waals surface area contributed by atoms with Crippen LogP contribution < -0.4 is 11.1 Å². The predicted molar refractivity (Wildman–Crippen MR) is 36.5 cm³/mol. The van der Waals surface area contributed by atoms with E-state index in [9.17, 15) is 13.2 Å². The highest BCUT2D eigenvalue weighted by Crippen LogP contribution is 2.12. The Morgan fingerprint density at radius 1 is 1.17 bits per heavy atom. The SMILES string of the molecule is NC(=[NH2+])c1cc(F)c(F)c(F)c1. The molecule has 0 atom stereocenters. The molecule has 1 aromatic carbocycles. The number of hydrogen-bond acceptors (Lipinski definition) is 0. The molecule has 0 heterocycles. The van der Waals surface area contributed by atoms with Crippen molar-refractivity contribution < 1.29 is 18.6 Å². The van der Waals surface area contributed by atoms with Crippen molar-refractivity contribution in [3.05, 3.63) is 35.1 Å². The minimum atomic E-state index is -1.53. The van der Waals surface area contributed by atoms with Crippen molar-refractivity contribution in [3.63, 3.8) is 0 Å². The lowest BCUT2D eigenvalue weighted by molar-refractivity contribution is -0.114. The number of hydrogen-bond donors (Lipinski definition) is 2. The monoisotopic (exact) mass is 175 g/mol. The molecule has 2 nitrogen and oxygen atoms in total. The van der Waals surface area contributed by atoms with E-state index in [1.165, 1.54) is 0 Å². The van der Waals surface area contributed by atoms with E-state index in [1.54, 1.807) is 0 Å². The fraction of sp³-hybridized carbons (Fsp3) is 0. The second-order valence-corrected chi connectivity index (χ2v) is 2.21. The normalized spacial score (nSPS) is 9.92. The highest BCUT2D eigenvalue weighted by Gasteiger charge is 2.13. The summed E-state index contributed by atoms with van der Waals surface area (Å²) in [4.78, 5) is 0. The van der Waals surface area contributed by atoms with Gasteiger partial charge in [0, 0.05) is 0 Å². The van der Waals surface area contributed by atoms with Crippen LogP contribution >= 0.6 is 0 Å². The highest BCUT2D eigenvalue weighted by atomic mass is 19.2. The molecule has 0 radical (unpaired) electrons. The summed E-state index contributed by atoms with van der Waals surface area (Å²) in [5.41, 5.74) is 4.98. The van der Waals surface area contributed by atoms with Crippen LogP contribution in [-0.4, -0.2) is 5.84 Å². The Kier molecular flexibility index (Phi) is 2.03. The Balaban J connectivity index is 3.31. The van der Waals surface area contributed by atoms with Gasteiger partial charge in [-0.25, -0.2) is 13.2 Å². The van der Waals surface area contributed by atoms with E-state index in [0.29, 0.717) is 0 Å². The standard InChI is InChI=1S/C7H5F3N2/c8-4-1-3(7(11)12)2-5(9)6(4)10/h1-2H,(H3,11,12)/p+1. The Morgan fingerprint density at radius 3 is 1.92 bits per heavy atom. The maximum absolute atomic E-state index is 12.5. The van der Waals surface area contributed by atoms with Gasteiger partial charge in [-0.1, -0.05) is 0 Å². The molecule has 0 bridgehead atoms. The predicted octanol–water partition coefficient (Wildman–Crippen LogP) is -0.432. The molecule has 0 aromatic heterocycles. The van der Waals surface area contributed by atoms with Crippen molar-refractivity contribution in [2.75, 3.05) is 0 Å². The van der Waals surface area contributed by atoms with Crippen molar-refractivity contribution in [1.82, 2.24) is 0 Å². The van der Waals surface area contributed by atoms with Gasteiger partial charge in [0.25, 0.3) is 5.84 Å². The molecule has 0 aliphatic carbocycles. The van der Waals surface area contributed by atoms with Gasteiger partial charge < -0.3 is 0 Å². The average Bonchev–Trinajstić information content (AvgIpc) is 1.99. The maximum Gasteiger partial charge on any atom is 0.270 e. The molecule has 0 amide bonds. The second kappa shape index (κ2) is 2.84. The molecule has 64 valence electrons. The fourth-order valence-electron chi connectivity index (χ4n) is 0.722. The molecule has 0 saturated heterocycles. The zero-order valence-electron chi connectivity index (χ0n) is 5.94. The third-order valence-electron chi connectivity index (χ3n) is 1.32. The van der Waals surface area contributed by atoms with E-state index in [-0.39, 0.29) is 11.4 Å². The Bertz CT molecular complexity index is 312. The van der Waals surface area contributed by atoms with Crippen molar-refractivity contribution in [3.8, 4) is 0 Å². The van der Waals surface area contributed by atoms with E-state index < -0.39 is 17.5 Å². The van der Waals surface area contributed by atoms with E-state index in [1.807, 2.05) is 0 Å². The van der Waals surface area contributed by atoms with Crippen molar-refractivity contribution in [2.24, 2.45) is 5.73 Å². The first-order valence-electron chi connectivity index (χ1n) is 3.05. The van der Waals surface area contributed by atoms with Crippen LogP contribution in [0, 0.1) is 17.5 Å². The molecule has 1 rings (SSSR count). The quantitative estimate of drug-likeness (QED) is 0.339. The third-order valence-corrected chi connectivity index (χ3v) is 1.32. The zero-order valence-corrected chi connectivity index (χ0v) is 5.94. The fourth-order valence-corrected chi connectivity index (χ4v) is 0.722. The van der Waals surface area contributed by atoms with Gasteiger partial charge in [0.15, 0.2) is 17.5 Å². The van der Waals surface area contributed by atoms with Crippen LogP contribution in [-0.2, 0) is 0 Å². The molecule has 0 spiro atoms. The van der Waals surface area contributed by atoms with Gasteiger partial charge in [-0.05, 0) is 12.1 Å². The first-order chi connectivity index (χ1) is 5.52. The summed E-state index contributed by atoms with van der Waals surface area (Å²) >= 11 is 0. The lowest BCUT2D eigenvalue weighted by Gasteiger charge is -1.96. The van der Waals surface area contributed by atoms with E-state index in [2.05, 4.69) is 0 Å². The Labute approximate surface area is 66.3 Å². The number of rotatable bonds is 1. The molecule has 12 heavy (non-hydrogen) atoms. The van der Waals surface area contributed by atoms with Crippen LogP contribution in [0.2, 0.25) is 0 Å². The molecule has 0 unspecified atom stereocenters. The number of amidine groups is 1. The first-order valence-corrected chi connectivity index (χ1v) is 3.05. The number of nitrogens with two attached hydrogens (primary N) is 2. The van der Waals surface area contributed by atoms with Crippen LogP contribution in [0.5, 0.6) is 0 Å². The molecule has 5 heteroatoms. The Hall–Kier alpha value is -1.52. The van der Waals surface area contributed by atoms with E-state index >= 15 is 0 Å². The summed E-state index contributed by atoms with van der Waals surface area (Å²) in [6.45, 7) is 0. The molecular formula is C7H6F3N2+. The van der Waals surface area contributed by atoms with E-state index in [4.69, 9.17) is 11.1 Å². The summed E-state index contributed by atoms with van der Waals surface area (Å²) in [6.07, 6.45) is 0. The van der Waals surface area contributed by atoms with Crippen LogP contribution in [0.15, 0.2) is 12.1 Å². The van der Waals surface area contributed by atoms with Crippen LogP contribution in [0.1, 0.15) is 5.56 Å². The summed E-state index contributed by atoms with van der Waals surface area (Å²) in [5, 5.41) is 5.04. The molecule has 0 fully saturated rings. The van der Waals surface area contributed by atoms with Gasteiger partial charge in [0.2, 0.25) is 0 Å². The molecule has 4 N–H and O–H groups in total. The largest absolute Gasteiger partial charge is 0.287 e. The molecule has 0 aliphatic rings. The van der Waals surface area contributed by atoms with Crippen molar-refractivity contribution >= 4 is 5.84 Å². The van der Waals surface area contributed by atoms with Gasteiger partial charge in [-0.2, -0.15) is 0 Å². The third kappa shape index (κ3) is 1.39. The van der Waals surface area contributed by atoms with Crippen molar-refractivity contribution in [1.29, 1.82) is 0 Å². The molecule has 0 aliphatic heterocycles. The summed E-state index contributed by atoms with van der Waals surface area (Å²) < 4.78 is 37.3. The highest BCUT2D eigenvalue weighted by molar-refractivity contribution is 5.92. The summed E-state index contributed by atoms with van der Waals surface area (Å²) in [6, 6.07) is 1.46. The Morgan fingerprint density at radius 2 is 1.58 bits per heavy atom. The summed E-state index contributed by atoms with van der Waals surface area (Å²) in [5.74, 6) is -4.40. The van der Waals surface area contributed by atoms with Gasteiger partial charge in [-0.3, -0.25) is 11.1 Å².